The first kappa shape index (κ1) is 20.4. The molecule has 152 valence electrons. The molecule has 0 radical (unpaired) electrons. The van der Waals surface area contributed by atoms with Crippen LogP contribution in [0, 0.1) is 0 Å². The normalized spacial score (nSPS) is 20.8. The fourth-order valence-corrected chi connectivity index (χ4v) is 4.63. The molecule has 6 nitrogen and oxygen atoms in total. The average molecular weight is 393 g/mol. The molecule has 2 aliphatic heterocycles. The first-order chi connectivity index (χ1) is 13.3. The Morgan fingerprint density at radius 2 is 1.85 bits per heavy atom. The van der Waals surface area contributed by atoms with Gasteiger partial charge in [0.2, 0.25) is 0 Å². The van der Waals surface area contributed by atoms with Crippen molar-refractivity contribution in [2.24, 2.45) is 4.99 Å². The lowest BCUT2D eigenvalue weighted by Crippen LogP contribution is -2.49. The predicted molar refractivity (Wildman–Crippen MR) is 117 cm³/mol. The molecule has 2 saturated heterocycles. The fourth-order valence-electron chi connectivity index (χ4n) is 3.84. The molecule has 7 heteroatoms. The minimum atomic E-state index is 0.520. The topological polar surface area (TPSA) is 46.1 Å². The van der Waals surface area contributed by atoms with Crippen molar-refractivity contribution in [1.82, 2.24) is 20.4 Å². The molecular weight excluding hydrogens is 356 g/mol. The predicted octanol–water partition coefficient (Wildman–Crippen LogP) is 1.91. The van der Waals surface area contributed by atoms with Crippen LogP contribution in [0.25, 0.3) is 0 Å². The Bertz CT molecular complexity index is 545. The van der Waals surface area contributed by atoms with Crippen LogP contribution in [-0.4, -0.2) is 87.2 Å². The Labute approximate surface area is 168 Å². The van der Waals surface area contributed by atoms with E-state index in [4.69, 9.17) is 4.99 Å². The zero-order chi connectivity index (χ0) is 18.9. The van der Waals surface area contributed by atoms with E-state index in [2.05, 4.69) is 56.7 Å². The molecule has 0 bridgehead atoms. The lowest BCUT2D eigenvalue weighted by Gasteiger charge is -2.34. The summed E-state index contributed by atoms with van der Waals surface area (Å²) < 4.78 is 0. The zero-order valence-corrected chi connectivity index (χ0v) is 17.8. The van der Waals surface area contributed by atoms with Gasteiger partial charge in [0.05, 0.1) is 11.5 Å². The molecule has 0 aliphatic carbocycles. The summed E-state index contributed by atoms with van der Waals surface area (Å²) in [4.78, 5) is 12.4. The van der Waals surface area contributed by atoms with Gasteiger partial charge in [-0.3, -0.25) is 9.89 Å². The number of rotatable bonds is 7. The molecule has 0 amide bonds. The van der Waals surface area contributed by atoms with Crippen molar-refractivity contribution in [3.05, 3.63) is 17.5 Å². The van der Waals surface area contributed by atoms with Crippen LogP contribution in [0.15, 0.2) is 22.5 Å². The van der Waals surface area contributed by atoms with E-state index < -0.39 is 0 Å². The highest BCUT2D eigenvalue weighted by atomic mass is 32.1. The molecule has 0 spiro atoms. The monoisotopic (exact) mass is 392 g/mol. The van der Waals surface area contributed by atoms with Crippen LogP contribution in [-0.2, 0) is 0 Å². The van der Waals surface area contributed by atoms with Gasteiger partial charge < -0.3 is 20.4 Å². The van der Waals surface area contributed by atoms with Gasteiger partial charge in [-0.1, -0.05) is 6.92 Å². The van der Waals surface area contributed by atoms with Crippen molar-refractivity contribution in [3.8, 4) is 0 Å². The lowest BCUT2D eigenvalue weighted by atomic mass is 10.1. The molecule has 1 aromatic heterocycles. The number of hydrogen-bond acceptors (Lipinski definition) is 5. The molecular formula is C20H36N6S. The smallest absolute Gasteiger partial charge is 0.191 e. The molecule has 27 heavy (non-hydrogen) atoms. The second kappa shape index (κ2) is 10.9. The molecule has 2 N–H and O–H groups in total. The van der Waals surface area contributed by atoms with E-state index >= 15 is 0 Å². The van der Waals surface area contributed by atoms with Crippen molar-refractivity contribution in [2.45, 2.75) is 32.7 Å². The second-order valence-electron chi connectivity index (χ2n) is 7.39. The number of nitrogens with zero attached hydrogens (tertiary/aromatic N) is 4. The highest BCUT2D eigenvalue weighted by Gasteiger charge is 2.21. The van der Waals surface area contributed by atoms with Gasteiger partial charge in [0, 0.05) is 58.4 Å². The van der Waals surface area contributed by atoms with Crippen LogP contribution in [0.1, 0.15) is 26.7 Å². The van der Waals surface area contributed by atoms with Gasteiger partial charge in [-0.05, 0) is 43.8 Å². The summed E-state index contributed by atoms with van der Waals surface area (Å²) in [5.74, 6) is 0.985. The number of anilines is 1. The third-order valence-electron chi connectivity index (χ3n) is 5.60. The summed E-state index contributed by atoms with van der Waals surface area (Å²) in [7, 11) is 0. The molecule has 3 rings (SSSR count). The Morgan fingerprint density at radius 3 is 2.48 bits per heavy atom. The number of hydrogen-bond donors (Lipinski definition) is 2. The number of piperidine rings is 1. The molecule has 2 aliphatic rings. The molecule has 0 aromatic carbocycles. The van der Waals surface area contributed by atoms with Gasteiger partial charge in [-0.15, -0.1) is 11.3 Å². The second-order valence-corrected chi connectivity index (χ2v) is 8.32. The summed E-state index contributed by atoms with van der Waals surface area (Å²) >= 11 is 1.84. The first-order valence-corrected chi connectivity index (χ1v) is 11.4. The molecule has 1 aromatic rings. The quantitative estimate of drug-likeness (QED) is 0.548. The highest BCUT2D eigenvalue weighted by Crippen LogP contribution is 2.24. The van der Waals surface area contributed by atoms with Gasteiger partial charge in [0.1, 0.15) is 0 Å². The van der Waals surface area contributed by atoms with E-state index in [9.17, 15) is 0 Å². The molecule has 0 atom stereocenters. The third kappa shape index (κ3) is 6.36. The Morgan fingerprint density at radius 1 is 1.11 bits per heavy atom. The molecule has 3 heterocycles. The fraction of sp³-hybridized carbons (Fsp3) is 0.750. The minimum absolute atomic E-state index is 0.520. The Kier molecular flexibility index (Phi) is 8.23. The molecule has 0 saturated carbocycles. The third-order valence-corrected chi connectivity index (χ3v) is 6.53. The summed E-state index contributed by atoms with van der Waals surface area (Å²) in [6.45, 7) is 15.4. The van der Waals surface area contributed by atoms with Crippen LogP contribution in [0.4, 0.5) is 5.00 Å². The standard InChI is InChI=1S/C20H36N6S/c1-3-21-20(22-9-12-25-15-13-24(4-2)14-16-25)23-18-7-10-26(11-8-18)19-6-5-17-27-19/h5-6,17-18H,3-4,7-16H2,1-2H3,(H2,21,22,23). The number of guanidine groups is 1. The summed E-state index contributed by atoms with van der Waals surface area (Å²) in [6, 6.07) is 4.89. The van der Waals surface area contributed by atoms with Gasteiger partial charge in [-0.2, -0.15) is 0 Å². The number of nitrogens with one attached hydrogen (secondary N) is 2. The van der Waals surface area contributed by atoms with Gasteiger partial charge in [0.25, 0.3) is 0 Å². The number of piperazine rings is 1. The van der Waals surface area contributed by atoms with Crippen molar-refractivity contribution in [1.29, 1.82) is 0 Å². The van der Waals surface area contributed by atoms with E-state index in [0.717, 1.165) is 38.7 Å². The van der Waals surface area contributed by atoms with E-state index in [1.807, 2.05) is 11.3 Å². The zero-order valence-electron chi connectivity index (χ0n) is 17.0. The van der Waals surface area contributed by atoms with Gasteiger partial charge >= 0.3 is 0 Å². The lowest BCUT2D eigenvalue weighted by molar-refractivity contribution is 0.140. The van der Waals surface area contributed by atoms with Crippen molar-refractivity contribution in [2.75, 3.05) is 70.3 Å². The van der Waals surface area contributed by atoms with Gasteiger partial charge in [-0.25, -0.2) is 0 Å². The summed E-state index contributed by atoms with van der Waals surface area (Å²) in [5, 5.41) is 10.7. The summed E-state index contributed by atoms with van der Waals surface area (Å²) in [5.41, 5.74) is 0. The SMILES string of the molecule is CCNC(=NCCN1CCN(CC)CC1)NC1CCN(c2cccs2)CC1. The van der Waals surface area contributed by atoms with E-state index in [0.29, 0.717) is 6.04 Å². The van der Waals surface area contributed by atoms with Gasteiger partial charge in [0.15, 0.2) is 5.96 Å². The first-order valence-electron chi connectivity index (χ1n) is 10.6. The Balaban J connectivity index is 1.40. The number of aliphatic imine (C=N–C) groups is 1. The highest BCUT2D eigenvalue weighted by molar-refractivity contribution is 7.14. The van der Waals surface area contributed by atoms with E-state index in [-0.39, 0.29) is 0 Å². The van der Waals surface area contributed by atoms with Crippen molar-refractivity contribution < 1.29 is 0 Å². The summed E-state index contributed by atoms with van der Waals surface area (Å²) in [6.07, 6.45) is 2.34. The number of likely N-dealkylation sites (N-methyl/N-ethyl adjacent to an activating group) is 1. The van der Waals surface area contributed by atoms with Crippen LogP contribution >= 0.6 is 11.3 Å². The molecule has 2 fully saturated rings. The largest absolute Gasteiger partial charge is 0.363 e. The molecule has 0 unspecified atom stereocenters. The van der Waals surface area contributed by atoms with Crippen LogP contribution in [0.3, 0.4) is 0 Å². The van der Waals surface area contributed by atoms with Crippen molar-refractivity contribution in [3.63, 3.8) is 0 Å². The number of thiophene rings is 1. The van der Waals surface area contributed by atoms with Crippen molar-refractivity contribution >= 4 is 22.3 Å². The van der Waals surface area contributed by atoms with Crippen LogP contribution in [0.5, 0.6) is 0 Å². The minimum Gasteiger partial charge on any atom is -0.363 e. The maximum atomic E-state index is 4.84. The maximum absolute atomic E-state index is 4.84. The average Bonchev–Trinajstić information content (AvgIpc) is 3.24. The van der Waals surface area contributed by atoms with Crippen LogP contribution < -0.4 is 15.5 Å². The van der Waals surface area contributed by atoms with E-state index in [1.54, 1.807) is 0 Å². The maximum Gasteiger partial charge on any atom is 0.191 e. The van der Waals surface area contributed by atoms with E-state index in [1.165, 1.54) is 50.6 Å². The Hall–Kier alpha value is -1.31. The van der Waals surface area contributed by atoms with Crippen LogP contribution in [0.2, 0.25) is 0 Å².